The fourth-order valence-corrected chi connectivity index (χ4v) is 6.36. The molecule has 4 saturated carbocycles. The highest BCUT2D eigenvalue weighted by atomic mass is 16.4. The third-order valence-corrected chi connectivity index (χ3v) is 7.24. The summed E-state index contributed by atoms with van der Waals surface area (Å²) in [5, 5.41) is 3.94. The smallest absolute Gasteiger partial charge is 0.349 e. The highest BCUT2D eigenvalue weighted by molar-refractivity contribution is 5.96. The Hall–Kier alpha value is -2.10. The van der Waals surface area contributed by atoms with Gasteiger partial charge in [-0.3, -0.25) is 4.79 Å². The zero-order valence-electron chi connectivity index (χ0n) is 15.2. The molecular formula is C22H25NO3. The summed E-state index contributed by atoms with van der Waals surface area (Å²) < 4.78 is 5.33. The van der Waals surface area contributed by atoms with Crippen LogP contribution >= 0.6 is 0 Å². The maximum atomic E-state index is 12.8. The molecule has 0 radical (unpaired) electrons. The second-order valence-electron chi connectivity index (χ2n) is 8.96. The highest BCUT2D eigenvalue weighted by Crippen LogP contribution is 2.61. The number of amides is 1. The van der Waals surface area contributed by atoms with Crippen LogP contribution in [0.25, 0.3) is 11.0 Å². The van der Waals surface area contributed by atoms with Crippen LogP contribution in [-0.2, 0) is 0 Å². The van der Waals surface area contributed by atoms with Crippen molar-refractivity contribution in [3.63, 3.8) is 0 Å². The van der Waals surface area contributed by atoms with Gasteiger partial charge in [0.05, 0.1) is 0 Å². The lowest BCUT2D eigenvalue weighted by Crippen LogP contribution is -2.56. The van der Waals surface area contributed by atoms with Crippen molar-refractivity contribution in [2.45, 2.75) is 51.5 Å². The van der Waals surface area contributed by atoms with Crippen LogP contribution in [-0.4, -0.2) is 11.9 Å². The molecule has 1 atom stereocenters. The van der Waals surface area contributed by atoms with Crippen molar-refractivity contribution < 1.29 is 9.21 Å². The summed E-state index contributed by atoms with van der Waals surface area (Å²) in [6, 6.07) is 9.05. The van der Waals surface area contributed by atoms with Gasteiger partial charge >= 0.3 is 5.63 Å². The molecule has 0 spiro atoms. The van der Waals surface area contributed by atoms with Gasteiger partial charge in [0.1, 0.15) is 11.1 Å². The van der Waals surface area contributed by atoms with Crippen molar-refractivity contribution in [3.05, 3.63) is 46.3 Å². The Morgan fingerprint density at radius 2 is 1.73 bits per heavy atom. The second-order valence-corrected chi connectivity index (χ2v) is 8.96. The van der Waals surface area contributed by atoms with Crippen molar-refractivity contribution in [3.8, 4) is 0 Å². The van der Waals surface area contributed by atoms with Crippen molar-refractivity contribution >= 4 is 16.9 Å². The molecule has 4 fully saturated rings. The minimum absolute atomic E-state index is 0.0919. The largest absolute Gasteiger partial charge is 0.422 e. The number of hydrogen-bond donors (Lipinski definition) is 1. The Kier molecular flexibility index (Phi) is 3.53. The van der Waals surface area contributed by atoms with E-state index in [2.05, 4.69) is 12.2 Å². The lowest BCUT2D eigenvalue weighted by atomic mass is 9.48. The first-order valence-corrected chi connectivity index (χ1v) is 9.86. The third-order valence-electron chi connectivity index (χ3n) is 7.24. The van der Waals surface area contributed by atoms with Crippen LogP contribution in [0.2, 0.25) is 0 Å². The van der Waals surface area contributed by atoms with Gasteiger partial charge in [0, 0.05) is 11.4 Å². The molecular weight excluding hydrogens is 326 g/mol. The van der Waals surface area contributed by atoms with Gasteiger partial charge in [-0.05, 0) is 80.8 Å². The Morgan fingerprint density at radius 1 is 1.12 bits per heavy atom. The summed E-state index contributed by atoms with van der Waals surface area (Å²) in [5.41, 5.74) is 0.295. The van der Waals surface area contributed by atoms with Gasteiger partial charge in [0.25, 0.3) is 5.91 Å². The third kappa shape index (κ3) is 2.50. The average Bonchev–Trinajstić information content (AvgIpc) is 2.59. The molecule has 1 heterocycles. The number of nitrogens with one attached hydrogen (secondary N) is 1. The first-order valence-electron chi connectivity index (χ1n) is 9.86. The number of benzene rings is 1. The molecule has 4 heteroatoms. The van der Waals surface area contributed by atoms with E-state index in [1.165, 1.54) is 38.5 Å². The lowest BCUT2D eigenvalue weighted by Gasteiger charge is -2.59. The molecule has 4 aliphatic rings. The van der Waals surface area contributed by atoms with Crippen molar-refractivity contribution in [2.75, 3.05) is 0 Å². The standard InChI is InChI=1S/C22H25NO3/c1-13(22-10-14-6-15(11-22)8-16(7-14)12-22)23-20(24)18-9-17-4-2-3-5-19(17)26-21(18)25/h2-5,9,13-16H,6-8,10-12H2,1H3,(H,23,24)/t13-,14?,15?,16?,22?/m0/s1. The van der Waals surface area contributed by atoms with Crippen LogP contribution in [0.3, 0.4) is 0 Å². The maximum Gasteiger partial charge on any atom is 0.349 e. The first kappa shape index (κ1) is 16.1. The summed E-state index contributed by atoms with van der Waals surface area (Å²) in [7, 11) is 0. The van der Waals surface area contributed by atoms with Gasteiger partial charge in [-0.1, -0.05) is 18.2 Å². The predicted molar refractivity (Wildman–Crippen MR) is 100 cm³/mol. The van der Waals surface area contributed by atoms with Crippen LogP contribution in [0.15, 0.2) is 39.5 Å². The molecule has 0 saturated heterocycles. The van der Waals surface area contributed by atoms with Gasteiger partial charge in [0.15, 0.2) is 0 Å². The van der Waals surface area contributed by atoms with E-state index in [-0.39, 0.29) is 22.9 Å². The average molecular weight is 351 g/mol. The molecule has 4 bridgehead atoms. The van der Waals surface area contributed by atoms with Crippen LogP contribution in [0, 0.1) is 23.2 Å². The van der Waals surface area contributed by atoms with E-state index in [1.807, 2.05) is 18.2 Å². The van der Waals surface area contributed by atoms with E-state index >= 15 is 0 Å². The summed E-state index contributed by atoms with van der Waals surface area (Å²) in [6.45, 7) is 2.13. The molecule has 0 unspecified atom stereocenters. The molecule has 26 heavy (non-hydrogen) atoms. The van der Waals surface area contributed by atoms with Gasteiger partial charge in [-0.15, -0.1) is 0 Å². The Balaban J connectivity index is 1.40. The number of hydrogen-bond acceptors (Lipinski definition) is 3. The summed E-state index contributed by atoms with van der Waals surface area (Å²) >= 11 is 0. The monoisotopic (exact) mass is 351 g/mol. The molecule has 1 N–H and O–H groups in total. The number of para-hydroxylation sites is 1. The SMILES string of the molecule is C[C@H](NC(=O)c1cc2ccccc2oc1=O)C12CC3CC(CC(C3)C1)C2. The fraction of sp³-hybridized carbons (Fsp3) is 0.545. The van der Waals surface area contributed by atoms with E-state index in [1.54, 1.807) is 12.1 Å². The van der Waals surface area contributed by atoms with Crippen LogP contribution in [0.4, 0.5) is 0 Å². The van der Waals surface area contributed by atoms with Gasteiger partial charge < -0.3 is 9.73 Å². The second kappa shape index (κ2) is 5.70. The molecule has 2 aromatic rings. The summed E-state index contributed by atoms with van der Waals surface area (Å²) in [5.74, 6) is 2.22. The number of fused-ring (bicyclic) bond motifs is 1. The zero-order chi connectivity index (χ0) is 17.9. The van der Waals surface area contributed by atoms with Gasteiger partial charge in [0.2, 0.25) is 0 Å². The lowest BCUT2D eigenvalue weighted by molar-refractivity contribution is -0.0688. The van der Waals surface area contributed by atoms with E-state index < -0.39 is 5.63 Å². The zero-order valence-corrected chi connectivity index (χ0v) is 15.2. The fourth-order valence-electron chi connectivity index (χ4n) is 6.36. The number of carbonyl (C=O) groups is 1. The maximum absolute atomic E-state index is 12.8. The summed E-state index contributed by atoms with van der Waals surface area (Å²) in [4.78, 5) is 25.1. The van der Waals surface area contributed by atoms with E-state index in [4.69, 9.17) is 4.42 Å². The van der Waals surface area contributed by atoms with Gasteiger partial charge in [-0.25, -0.2) is 4.79 Å². The Morgan fingerprint density at radius 3 is 2.38 bits per heavy atom. The minimum atomic E-state index is -0.557. The summed E-state index contributed by atoms with van der Waals surface area (Å²) in [6.07, 6.45) is 7.84. The van der Waals surface area contributed by atoms with E-state index in [0.717, 1.165) is 23.1 Å². The number of carbonyl (C=O) groups excluding carboxylic acids is 1. The van der Waals surface area contributed by atoms with Crippen LogP contribution in [0.5, 0.6) is 0 Å². The first-order chi connectivity index (χ1) is 12.5. The highest BCUT2D eigenvalue weighted by Gasteiger charge is 2.53. The van der Waals surface area contributed by atoms with Crippen LogP contribution in [0.1, 0.15) is 55.8 Å². The van der Waals surface area contributed by atoms with Crippen molar-refractivity contribution in [2.24, 2.45) is 23.2 Å². The number of rotatable bonds is 3. The molecule has 4 nitrogen and oxygen atoms in total. The molecule has 6 rings (SSSR count). The van der Waals surface area contributed by atoms with E-state index in [9.17, 15) is 9.59 Å². The predicted octanol–water partition coefficient (Wildman–Crippen LogP) is 4.13. The topological polar surface area (TPSA) is 59.3 Å². The van der Waals surface area contributed by atoms with E-state index in [0.29, 0.717) is 5.58 Å². The molecule has 0 aliphatic heterocycles. The Labute approximate surface area is 153 Å². The molecule has 1 aromatic carbocycles. The van der Waals surface area contributed by atoms with Crippen LogP contribution < -0.4 is 10.9 Å². The molecule has 1 aromatic heterocycles. The molecule has 4 aliphatic carbocycles. The molecule has 1 amide bonds. The normalized spacial score (nSPS) is 33.3. The Bertz CT molecular complexity index is 893. The van der Waals surface area contributed by atoms with Crippen molar-refractivity contribution in [1.82, 2.24) is 5.32 Å². The van der Waals surface area contributed by atoms with Crippen molar-refractivity contribution in [1.29, 1.82) is 0 Å². The quantitative estimate of drug-likeness (QED) is 0.846. The molecule has 136 valence electrons. The van der Waals surface area contributed by atoms with Gasteiger partial charge in [-0.2, -0.15) is 0 Å². The minimum Gasteiger partial charge on any atom is -0.422 e.